The Morgan fingerprint density at radius 2 is 1.71 bits per heavy atom. The number of nitrogens with one attached hydrogen (secondary N) is 1. The van der Waals surface area contributed by atoms with Gasteiger partial charge in [-0.3, -0.25) is 9.59 Å². The van der Waals surface area contributed by atoms with Gasteiger partial charge >= 0.3 is 0 Å². The lowest BCUT2D eigenvalue weighted by Crippen LogP contribution is -2.51. The Labute approximate surface area is 216 Å². The third-order valence-corrected chi connectivity index (χ3v) is 6.24. The summed E-state index contributed by atoms with van der Waals surface area (Å²) in [4.78, 5) is 28.6. The molecule has 0 aliphatic heterocycles. The number of carbonyl (C=O) groups excluding carboxylic acids is 2. The molecule has 0 bridgehead atoms. The lowest BCUT2D eigenvalue weighted by atomic mass is 10.0. The molecule has 0 heterocycles. The van der Waals surface area contributed by atoms with Crippen LogP contribution in [0.3, 0.4) is 0 Å². The van der Waals surface area contributed by atoms with Gasteiger partial charge in [0, 0.05) is 24.0 Å². The van der Waals surface area contributed by atoms with E-state index < -0.39 is 6.04 Å². The Morgan fingerprint density at radius 3 is 2.40 bits per heavy atom. The molecule has 0 saturated carbocycles. The number of carbonyl (C=O) groups is 2. The second-order valence-electron chi connectivity index (χ2n) is 8.71. The van der Waals surface area contributed by atoms with Gasteiger partial charge in [0.05, 0.1) is 0 Å². The normalized spacial score (nSPS) is 11.5. The molecule has 0 fully saturated rings. The Hall–Kier alpha value is -3.12. The van der Waals surface area contributed by atoms with Crippen LogP contribution in [-0.4, -0.2) is 35.9 Å². The first-order valence-corrected chi connectivity index (χ1v) is 12.7. The number of amides is 2. The predicted octanol–water partition coefficient (Wildman–Crippen LogP) is 5.61. The summed E-state index contributed by atoms with van der Waals surface area (Å²) in [6.45, 7) is 6.69. The van der Waals surface area contributed by atoms with Crippen LogP contribution in [0.2, 0.25) is 0 Å². The molecule has 2 amide bonds. The summed E-state index contributed by atoms with van der Waals surface area (Å²) in [6, 6.07) is 22.8. The number of ether oxygens (including phenoxy) is 1. The number of hydrogen-bond donors (Lipinski definition) is 1. The van der Waals surface area contributed by atoms with Crippen molar-refractivity contribution in [1.29, 1.82) is 0 Å². The zero-order chi connectivity index (χ0) is 25.2. The van der Waals surface area contributed by atoms with Gasteiger partial charge in [-0.05, 0) is 55.2 Å². The van der Waals surface area contributed by atoms with E-state index in [4.69, 9.17) is 4.74 Å². The van der Waals surface area contributed by atoms with Gasteiger partial charge < -0.3 is 15.0 Å². The highest BCUT2D eigenvalue weighted by Gasteiger charge is 2.30. The van der Waals surface area contributed by atoms with Crippen LogP contribution in [0, 0.1) is 13.8 Å². The fourth-order valence-electron chi connectivity index (χ4n) is 3.94. The molecule has 3 rings (SSSR count). The Balaban J connectivity index is 1.90. The summed E-state index contributed by atoms with van der Waals surface area (Å²) < 4.78 is 6.85. The van der Waals surface area contributed by atoms with E-state index in [1.54, 1.807) is 4.90 Å². The van der Waals surface area contributed by atoms with E-state index in [-0.39, 0.29) is 18.4 Å². The molecule has 0 aliphatic carbocycles. The molecule has 5 nitrogen and oxygen atoms in total. The highest BCUT2D eigenvalue weighted by atomic mass is 79.9. The van der Waals surface area contributed by atoms with Gasteiger partial charge in [0.15, 0.2) is 6.61 Å². The van der Waals surface area contributed by atoms with E-state index in [9.17, 15) is 9.59 Å². The molecule has 0 radical (unpaired) electrons. The van der Waals surface area contributed by atoms with E-state index in [2.05, 4.69) is 21.2 Å². The molecule has 0 spiro atoms. The molecule has 3 aromatic rings. The molecule has 0 aliphatic rings. The number of benzene rings is 3. The molecule has 6 heteroatoms. The van der Waals surface area contributed by atoms with Crippen LogP contribution in [0.15, 0.2) is 77.3 Å². The first-order valence-electron chi connectivity index (χ1n) is 11.9. The van der Waals surface area contributed by atoms with Crippen molar-refractivity contribution >= 4 is 27.7 Å². The highest BCUT2D eigenvalue weighted by molar-refractivity contribution is 9.10. The lowest BCUT2D eigenvalue weighted by molar-refractivity contribution is -0.142. The zero-order valence-electron chi connectivity index (χ0n) is 20.6. The largest absolute Gasteiger partial charge is 0.483 e. The van der Waals surface area contributed by atoms with Gasteiger partial charge in [-0.2, -0.15) is 0 Å². The molecular formula is C29H33BrN2O3. The summed E-state index contributed by atoms with van der Waals surface area (Å²) >= 11 is 3.51. The van der Waals surface area contributed by atoms with Crippen molar-refractivity contribution in [2.24, 2.45) is 0 Å². The molecule has 35 heavy (non-hydrogen) atoms. The van der Waals surface area contributed by atoms with Crippen molar-refractivity contribution in [2.75, 3.05) is 13.2 Å². The SMILES string of the molecule is CCCNC(=O)[C@H](Cc1ccccc1)N(Cc1cccc(Br)c1)C(=O)COc1ccc(C)cc1C. The fourth-order valence-corrected chi connectivity index (χ4v) is 4.38. The van der Waals surface area contributed by atoms with Crippen molar-refractivity contribution in [1.82, 2.24) is 10.2 Å². The lowest BCUT2D eigenvalue weighted by Gasteiger charge is -2.31. The standard InChI is InChI=1S/C29H33BrN2O3/c1-4-15-31-29(34)26(18-23-9-6-5-7-10-23)32(19-24-11-8-12-25(30)17-24)28(33)20-35-27-14-13-21(2)16-22(27)3/h5-14,16-17,26H,4,15,18-20H2,1-3H3,(H,31,34)/t26-/m0/s1. The van der Waals surface area contributed by atoms with E-state index in [0.717, 1.165) is 33.1 Å². The minimum atomic E-state index is -0.668. The molecule has 1 N–H and O–H groups in total. The van der Waals surface area contributed by atoms with Crippen LogP contribution in [-0.2, 0) is 22.6 Å². The molecule has 0 saturated heterocycles. The van der Waals surface area contributed by atoms with Gasteiger partial charge in [0.1, 0.15) is 11.8 Å². The maximum Gasteiger partial charge on any atom is 0.261 e. The molecule has 0 unspecified atom stereocenters. The van der Waals surface area contributed by atoms with Crippen LogP contribution >= 0.6 is 15.9 Å². The zero-order valence-corrected chi connectivity index (χ0v) is 22.2. The maximum absolute atomic E-state index is 13.6. The van der Waals surface area contributed by atoms with E-state index >= 15 is 0 Å². The second kappa shape index (κ2) is 13.1. The van der Waals surface area contributed by atoms with Crippen LogP contribution < -0.4 is 10.1 Å². The first-order chi connectivity index (χ1) is 16.9. The average molecular weight is 537 g/mol. The first kappa shape index (κ1) is 26.5. The van der Waals surface area contributed by atoms with Crippen molar-refractivity contribution in [2.45, 2.75) is 46.2 Å². The molecule has 3 aromatic carbocycles. The van der Waals surface area contributed by atoms with Crippen molar-refractivity contribution in [3.05, 3.63) is 99.5 Å². The van der Waals surface area contributed by atoms with Crippen LogP contribution in [0.25, 0.3) is 0 Å². The predicted molar refractivity (Wildman–Crippen MR) is 143 cm³/mol. The van der Waals surface area contributed by atoms with E-state index in [1.807, 2.05) is 93.6 Å². The van der Waals surface area contributed by atoms with Crippen molar-refractivity contribution in [3.63, 3.8) is 0 Å². The smallest absolute Gasteiger partial charge is 0.261 e. The number of aryl methyl sites for hydroxylation is 2. The Morgan fingerprint density at radius 1 is 0.971 bits per heavy atom. The monoisotopic (exact) mass is 536 g/mol. The van der Waals surface area contributed by atoms with Crippen LogP contribution in [0.1, 0.15) is 35.6 Å². The summed E-state index contributed by atoms with van der Waals surface area (Å²) in [5.41, 5.74) is 4.03. The third kappa shape index (κ3) is 7.96. The Kier molecular flexibility index (Phi) is 9.91. The quantitative estimate of drug-likeness (QED) is 0.346. The molecular weight excluding hydrogens is 504 g/mol. The number of halogens is 1. The third-order valence-electron chi connectivity index (χ3n) is 5.74. The summed E-state index contributed by atoms with van der Waals surface area (Å²) in [5, 5.41) is 2.99. The summed E-state index contributed by atoms with van der Waals surface area (Å²) in [6.07, 6.45) is 1.23. The van der Waals surface area contributed by atoms with E-state index in [1.165, 1.54) is 0 Å². The van der Waals surface area contributed by atoms with Gasteiger partial charge in [0.2, 0.25) is 5.91 Å². The van der Waals surface area contributed by atoms with Crippen LogP contribution in [0.5, 0.6) is 5.75 Å². The van der Waals surface area contributed by atoms with Gasteiger partial charge in [-0.15, -0.1) is 0 Å². The maximum atomic E-state index is 13.6. The number of nitrogens with zero attached hydrogens (tertiary/aromatic N) is 1. The van der Waals surface area contributed by atoms with Crippen molar-refractivity contribution < 1.29 is 14.3 Å². The van der Waals surface area contributed by atoms with Gasteiger partial charge in [0.25, 0.3) is 5.91 Å². The van der Waals surface area contributed by atoms with Gasteiger partial charge in [-0.25, -0.2) is 0 Å². The minimum absolute atomic E-state index is 0.149. The van der Waals surface area contributed by atoms with Crippen LogP contribution in [0.4, 0.5) is 0 Å². The Bertz CT molecular complexity index is 1130. The van der Waals surface area contributed by atoms with Gasteiger partial charge in [-0.1, -0.05) is 83.0 Å². The number of hydrogen-bond acceptors (Lipinski definition) is 3. The fraction of sp³-hybridized carbons (Fsp3) is 0.310. The van der Waals surface area contributed by atoms with Crippen molar-refractivity contribution in [3.8, 4) is 5.75 Å². The summed E-state index contributed by atoms with van der Waals surface area (Å²) in [7, 11) is 0. The average Bonchev–Trinajstić information content (AvgIpc) is 2.84. The molecule has 1 atom stereocenters. The highest BCUT2D eigenvalue weighted by Crippen LogP contribution is 2.21. The topological polar surface area (TPSA) is 58.6 Å². The summed E-state index contributed by atoms with van der Waals surface area (Å²) in [5.74, 6) is 0.268. The number of rotatable bonds is 11. The second-order valence-corrected chi connectivity index (χ2v) is 9.62. The molecule has 0 aromatic heterocycles. The molecule has 184 valence electrons. The minimum Gasteiger partial charge on any atom is -0.483 e. The van der Waals surface area contributed by atoms with E-state index in [0.29, 0.717) is 25.3 Å².